The molecule has 0 aromatic heterocycles. The number of hydrogen-bond donors (Lipinski definition) is 0. The molecule has 2 rings (SSSR count). The van der Waals surface area contributed by atoms with E-state index in [0.29, 0.717) is 0 Å². The van der Waals surface area contributed by atoms with Gasteiger partial charge in [-0.25, -0.2) is 0 Å². The fraction of sp³-hybridized carbons (Fsp3) is 0.667. The monoisotopic (exact) mass is 208 g/mol. The zero-order valence-electron chi connectivity index (χ0n) is 9.25. The first-order chi connectivity index (χ1) is 6.79. The predicted octanol–water partition coefficient (Wildman–Crippen LogP) is 2.37. The van der Waals surface area contributed by atoms with Crippen LogP contribution in [0.2, 0.25) is 0 Å². The van der Waals surface area contributed by atoms with Crippen molar-refractivity contribution in [2.24, 2.45) is 11.8 Å². The van der Waals surface area contributed by atoms with Crippen LogP contribution < -0.4 is 0 Å². The average molecular weight is 208 g/mol. The highest BCUT2D eigenvalue weighted by Gasteiger charge is 2.32. The molecule has 0 saturated heterocycles. The summed E-state index contributed by atoms with van der Waals surface area (Å²) >= 11 is 0. The molecule has 0 spiro atoms. The van der Waals surface area contributed by atoms with E-state index in [0.717, 1.165) is 18.4 Å². The largest absolute Gasteiger partial charge is 0.415 e. The molecule has 2 bridgehead atoms. The number of fused-ring (bicyclic) bond motifs is 2. The van der Waals surface area contributed by atoms with Gasteiger partial charge in [-0.2, -0.15) is 0 Å². The van der Waals surface area contributed by atoms with Crippen molar-refractivity contribution in [3.05, 3.63) is 22.9 Å². The fourth-order valence-corrected chi connectivity index (χ4v) is 3.35. The Morgan fingerprint density at radius 2 is 2.50 bits per heavy atom. The van der Waals surface area contributed by atoms with Gasteiger partial charge in [0.2, 0.25) is 0 Å². The second kappa shape index (κ2) is 4.45. The Hall–Kier alpha value is -0.343. The first kappa shape index (κ1) is 10.2. The molecule has 2 aliphatic carbocycles. The van der Waals surface area contributed by atoms with Crippen LogP contribution >= 0.6 is 0 Å². The highest BCUT2D eigenvalue weighted by atomic mass is 28.2. The van der Waals surface area contributed by atoms with E-state index in [-0.39, 0.29) is 0 Å². The van der Waals surface area contributed by atoms with Gasteiger partial charge < -0.3 is 4.43 Å². The lowest BCUT2D eigenvalue weighted by molar-refractivity contribution is 0.358. The predicted molar refractivity (Wildman–Crippen MR) is 62.8 cm³/mol. The summed E-state index contributed by atoms with van der Waals surface area (Å²) in [6, 6.07) is 0. The molecule has 78 valence electrons. The Balaban J connectivity index is 1.74. The molecule has 1 saturated carbocycles. The smallest absolute Gasteiger partial charge is 0.188 e. The lowest BCUT2D eigenvalue weighted by atomic mass is 10.00. The van der Waals surface area contributed by atoms with Crippen LogP contribution in [0.3, 0.4) is 0 Å². The topological polar surface area (TPSA) is 9.23 Å². The van der Waals surface area contributed by atoms with E-state index < -0.39 is 9.76 Å². The summed E-state index contributed by atoms with van der Waals surface area (Å²) < 4.78 is 5.83. The van der Waals surface area contributed by atoms with Gasteiger partial charge in [-0.05, 0) is 50.5 Å². The highest BCUT2D eigenvalue weighted by molar-refractivity contribution is 6.37. The Bertz CT molecular complexity index is 267. The van der Waals surface area contributed by atoms with Crippen LogP contribution in [0.25, 0.3) is 0 Å². The first-order valence-corrected chi connectivity index (χ1v) is 6.98. The summed E-state index contributed by atoms with van der Waals surface area (Å²) in [7, 11) is -0.393. The molecule has 0 aliphatic heterocycles. The molecular formula is C12H20OSi. The number of hydrogen-bond acceptors (Lipinski definition) is 1. The first-order valence-electron chi connectivity index (χ1n) is 5.69. The SMILES string of the molecule is C/C=C(\C)[SiH2]OCC1=CC2CCC1C2. The molecule has 2 unspecified atom stereocenters. The Morgan fingerprint density at radius 1 is 1.64 bits per heavy atom. The van der Waals surface area contributed by atoms with E-state index >= 15 is 0 Å². The van der Waals surface area contributed by atoms with E-state index in [1.54, 1.807) is 5.57 Å². The van der Waals surface area contributed by atoms with Crippen molar-refractivity contribution in [2.45, 2.75) is 33.1 Å². The average Bonchev–Trinajstić information content (AvgIpc) is 2.79. The standard InChI is InChI=1S/C12H20OSi/c1-3-9(2)14-13-8-12-7-10-4-5-11(12)6-10/h3,7,10-11H,4-6,8,14H2,1-2H3/b9-3+. The lowest BCUT2D eigenvalue weighted by Gasteiger charge is -2.13. The summed E-state index contributed by atoms with van der Waals surface area (Å²) in [6.07, 6.45) is 8.93. The van der Waals surface area contributed by atoms with E-state index in [1.807, 2.05) is 0 Å². The summed E-state index contributed by atoms with van der Waals surface area (Å²) in [5.74, 6) is 1.79. The van der Waals surface area contributed by atoms with Crippen LogP contribution in [0.4, 0.5) is 0 Å². The van der Waals surface area contributed by atoms with Crippen LogP contribution in [0, 0.1) is 11.8 Å². The van der Waals surface area contributed by atoms with Gasteiger partial charge in [0.1, 0.15) is 0 Å². The maximum atomic E-state index is 5.83. The number of allylic oxidation sites excluding steroid dienone is 3. The molecule has 1 nitrogen and oxygen atoms in total. The van der Waals surface area contributed by atoms with Crippen LogP contribution in [0.1, 0.15) is 33.1 Å². The quantitative estimate of drug-likeness (QED) is 0.509. The Morgan fingerprint density at radius 3 is 3.07 bits per heavy atom. The van der Waals surface area contributed by atoms with Crippen molar-refractivity contribution in [1.29, 1.82) is 0 Å². The molecule has 0 N–H and O–H groups in total. The molecule has 14 heavy (non-hydrogen) atoms. The van der Waals surface area contributed by atoms with E-state index in [2.05, 4.69) is 26.0 Å². The Kier molecular flexibility index (Phi) is 3.24. The summed E-state index contributed by atoms with van der Waals surface area (Å²) in [4.78, 5) is 0. The molecule has 0 radical (unpaired) electrons. The maximum Gasteiger partial charge on any atom is 0.188 e. The summed E-state index contributed by atoms with van der Waals surface area (Å²) in [5.41, 5.74) is 1.61. The Labute approximate surface area is 89.2 Å². The molecular weight excluding hydrogens is 188 g/mol. The third-order valence-electron chi connectivity index (χ3n) is 3.54. The van der Waals surface area contributed by atoms with E-state index in [1.165, 1.54) is 24.5 Å². The van der Waals surface area contributed by atoms with Crippen molar-refractivity contribution in [3.63, 3.8) is 0 Å². The van der Waals surface area contributed by atoms with Crippen LogP contribution in [-0.4, -0.2) is 16.4 Å². The van der Waals surface area contributed by atoms with Crippen molar-refractivity contribution in [2.75, 3.05) is 6.61 Å². The second-order valence-electron chi connectivity index (χ2n) is 4.64. The molecule has 2 heteroatoms. The third-order valence-corrected chi connectivity index (χ3v) is 4.81. The molecule has 0 heterocycles. The molecule has 2 atom stereocenters. The van der Waals surface area contributed by atoms with Gasteiger partial charge in [0.15, 0.2) is 9.76 Å². The van der Waals surface area contributed by atoms with Crippen molar-refractivity contribution < 1.29 is 4.43 Å². The van der Waals surface area contributed by atoms with Crippen LogP contribution in [-0.2, 0) is 4.43 Å². The molecule has 0 aromatic rings. The number of rotatable bonds is 4. The van der Waals surface area contributed by atoms with Gasteiger partial charge >= 0.3 is 0 Å². The zero-order valence-corrected chi connectivity index (χ0v) is 10.7. The zero-order chi connectivity index (χ0) is 9.97. The minimum Gasteiger partial charge on any atom is -0.415 e. The lowest BCUT2D eigenvalue weighted by Crippen LogP contribution is -2.09. The molecule has 0 amide bonds. The van der Waals surface area contributed by atoms with Gasteiger partial charge in [0.25, 0.3) is 0 Å². The van der Waals surface area contributed by atoms with Gasteiger partial charge in [-0.1, -0.05) is 17.3 Å². The van der Waals surface area contributed by atoms with E-state index in [4.69, 9.17) is 4.43 Å². The highest BCUT2D eigenvalue weighted by Crippen LogP contribution is 2.43. The van der Waals surface area contributed by atoms with Crippen molar-refractivity contribution in [1.82, 2.24) is 0 Å². The summed E-state index contributed by atoms with van der Waals surface area (Å²) in [6.45, 7) is 5.21. The van der Waals surface area contributed by atoms with Crippen LogP contribution in [0.15, 0.2) is 22.9 Å². The fourth-order valence-electron chi connectivity index (χ4n) is 2.52. The van der Waals surface area contributed by atoms with Crippen molar-refractivity contribution >= 4 is 9.76 Å². The maximum absolute atomic E-state index is 5.83. The van der Waals surface area contributed by atoms with Gasteiger partial charge in [-0.3, -0.25) is 0 Å². The van der Waals surface area contributed by atoms with Gasteiger partial charge in [-0.15, -0.1) is 0 Å². The summed E-state index contributed by atoms with van der Waals surface area (Å²) in [5, 5.41) is 1.47. The van der Waals surface area contributed by atoms with Crippen LogP contribution in [0.5, 0.6) is 0 Å². The molecule has 2 aliphatic rings. The van der Waals surface area contributed by atoms with Gasteiger partial charge in [0.05, 0.1) is 6.61 Å². The van der Waals surface area contributed by atoms with Crippen molar-refractivity contribution in [3.8, 4) is 0 Å². The van der Waals surface area contributed by atoms with Gasteiger partial charge in [0, 0.05) is 0 Å². The molecule has 0 aromatic carbocycles. The minimum absolute atomic E-state index is 0.393. The molecule has 1 fully saturated rings. The second-order valence-corrected chi connectivity index (χ2v) is 6.45. The van der Waals surface area contributed by atoms with E-state index in [9.17, 15) is 0 Å². The third kappa shape index (κ3) is 2.18. The normalized spacial score (nSPS) is 31.9. The minimum atomic E-state index is -0.393.